The van der Waals surface area contributed by atoms with Gasteiger partial charge in [-0.25, -0.2) is 17.4 Å². The number of hydrogen-bond acceptors (Lipinski definition) is 3. The van der Waals surface area contributed by atoms with Crippen molar-refractivity contribution in [2.75, 3.05) is 6.26 Å². The highest BCUT2D eigenvalue weighted by molar-refractivity contribution is 7.86. The molecule has 0 amide bonds. The zero-order valence-corrected chi connectivity index (χ0v) is 7.15. The third-order valence-corrected chi connectivity index (χ3v) is 1.45. The minimum atomic E-state index is -3.89. The highest BCUT2D eigenvalue weighted by Crippen LogP contribution is 2.11. The van der Waals surface area contributed by atoms with Crippen LogP contribution in [-0.2, 0) is 14.3 Å². The summed E-state index contributed by atoms with van der Waals surface area (Å²) in [5.41, 5.74) is 0. The second-order valence-corrected chi connectivity index (χ2v) is 3.78. The van der Waals surface area contributed by atoms with Crippen LogP contribution in [0, 0.1) is 0 Å². The fraction of sp³-hybridized carbons (Fsp3) is 1.00. The monoisotopic (exact) mass is 206 g/mol. The van der Waals surface area contributed by atoms with E-state index in [4.69, 9.17) is 0 Å². The van der Waals surface area contributed by atoms with E-state index < -0.39 is 35.7 Å². The summed E-state index contributed by atoms with van der Waals surface area (Å²) in [7, 11) is -3.89. The van der Waals surface area contributed by atoms with Crippen molar-refractivity contribution in [3.05, 3.63) is 0 Å². The highest BCUT2D eigenvalue weighted by atomic mass is 32.2. The molecule has 0 aliphatic heterocycles. The van der Waals surface area contributed by atoms with Gasteiger partial charge in [-0.15, -0.1) is 0 Å². The molecule has 0 N–H and O–H groups in total. The van der Waals surface area contributed by atoms with E-state index in [-0.39, 0.29) is 0 Å². The Morgan fingerprint density at radius 2 is 1.75 bits per heavy atom. The van der Waals surface area contributed by atoms with E-state index in [9.17, 15) is 21.6 Å². The second-order valence-electron chi connectivity index (χ2n) is 2.18. The summed E-state index contributed by atoms with van der Waals surface area (Å²) in [6.07, 6.45) is -5.50. The zero-order valence-electron chi connectivity index (χ0n) is 6.34. The predicted molar refractivity (Wildman–Crippen MR) is 36.1 cm³/mol. The second kappa shape index (κ2) is 4.66. The normalized spacial score (nSPS) is 15.1. The lowest BCUT2D eigenvalue weighted by atomic mass is 10.3. The van der Waals surface area contributed by atoms with E-state index in [1.165, 1.54) is 0 Å². The number of hydrogen-bond donors (Lipinski definition) is 0. The van der Waals surface area contributed by atoms with Crippen molar-refractivity contribution in [2.45, 2.75) is 25.6 Å². The summed E-state index contributed by atoms with van der Waals surface area (Å²) >= 11 is 0. The molecule has 0 heterocycles. The number of rotatable bonds is 5. The molecular weight excluding hydrogens is 197 g/mol. The topological polar surface area (TPSA) is 43.4 Å². The molecule has 1 atom stereocenters. The van der Waals surface area contributed by atoms with Crippen molar-refractivity contribution < 1.29 is 25.8 Å². The van der Waals surface area contributed by atoms with Gasteiger partial charge in [0.15, 0.2) is 0 Å². The van der Waals surface area contributed by atoms with E-state index >= 15 is 0 Å². The van der Waals surface area contributed by atoms with Crippen LogP contribution in [0.1, 0.15) is 12.8 Å². The Bertz CT molecular complexity index is 214. The fourth-order valence-electron chi connectivity index (χ4n) is 0.495. The van der Waals surface area contributed by atoms with Crippen LogP contribution in [0.2, 0.25) is 0 Å². The Hall–Kier alpha value is -0.300. The average molecular weight is 206 g/mol. The largest absolute Gasteiger partial charge is 0.267 e. The molecule has 0 radical (unpaired) electrons. The van der Waals surface area contributed by atoms with Gasteiger partial charge in [0.2, 0.25) is 12.8 Å². The molecular formula is C5H9F3O3S. The van der Waals surface area contributed by atoms with E-state index in [0.29, 0.717) is 6.26 Å². The third kappa shape index (κ3) is 7.80. The first kappa shape index (κ1) is 11.7. The van der Waals surface area contributed by atoms with Crippen LogP contribution in [0.5, 0.6) is 0 Å². The molecule has 12 heavy (non-hydrogen) atoms. The van der Waals surface area contributed by atoms with Crippen LogP contribution in [0.3, 0.4) is 0 Å². The summed E-state index contributed by atoms with van der Waals surface area (Å²) in [6, 6.07) is 0. The molecule has 0 aliphatic carbocycles. The smallest absolute Gasteiger partial charge is 0.233 e. The molecule has 0 aromatic rings. The van der Waals surface area contributed by atoms with Gasteiger partial charge in [0.05, 0.1) is 6.26 Å². The zero-order chi connectivity index (χ0) is 9.78. The Morgan fingerprint density at radius 3 is 2.08 bits per heavy atom. The van der Waals surface area contributed by atoms with Crippen molar-refractivity contribution in [1.29, 1.82) is 0 Å². The minimum Gasteiger partial charge on any atom is -0.233 e. The van der Waals surface area contributed by atoms with Gasteiger partial charge in [0, 0.05) is 12.8 Å². The summed E-state index contributed by atoms with van der Waals surface area (Å²) in [4.78, 5) is 0. The molecule has 0 bridgehead atoms. The van der Waals surface area contributed by atoms with Crippen molar-refractivity contribution in [3.63, 3.8) is 0 Å². The van der Waals surface area contributed by atoms with Gasteiger partial charge in [-0.05, 0) is 0 Å². The number of halogens is 3. The Kier molecular flexibility index (Phi) is 4.54. The quantitative estimate of drug-likeness (QED) is 0.637. The molecule has 0 aliphatic rings. The Morgan fingerprint density at radius 1 is 1.25 bits per heavy atom. The lowest BCUT2D eigenvalue weighted by Gasteiger charge is -2.06. The van der Waals surface area contributed by atoms with E-state index in [2.05, 4.69) is 4.18 Å². The van der Waals surface area contributed by atoms with Gasteiger partial charge >= 0.3 is 0 Å². The molecule has 0 aromatic heterocycles. The summed E-state index contributed by atoms with van der Waals surface area (Å²) < 4.78 is 59.5. The molecule has 7 heteroatoms. The number of alkyl halides is 3. The van der Waals surface area contributed by atoms with Gasteiger partial charge in [-0.2, -0.15) is 8.42 Å². The molecule has 0 saturated heterocycles. The first-order chi connectivity index (χ1) is 5.31. The molecule has 1 unspecified atom stereocenters. The lowest BCUT2D eigenvalue weighted by molar-refractivity contribution is 0.0403. The predicted octanol–water partition coefficient (Wildman–Crippen LogP) is 1.30. The van der Waals surface area contributed by atoms with E-state index in [1.807, 2.05) is 0 Å². The van der Waals surface area contributed by atoms with Crippen molar-refractivity contribution in [2.24, 2.45) is 0 Å². The first-order valence-electron chi connectivity index (χ1n) is 3.12. The summed E-state index contributed by atoms with van der Waals surface area (Å²) in [5, 5.41) is 0. The van der Waals surface area contributed by atoms with E-state index in [0.717, 1.165) is 0 Å². The van der Waals surface area contributed by atoms with Crippen molar-refractivity contribution in [3.8, 4) is 0 Å². The Balaban J connectivity index is 3.68. The highest BCUT2D eigenvalue weighted by Gasteiger charge is 2.15. The van der Waals surface area contributed by atoms with Gasteiger partial charge in [-0.1, -0.05) is 0 Å². The SMILES string of the molecule is CS(=O)(=O)OC(F)CCC(F)F. The van der Waals surface area contributed by atoms with Crippen LogP contribution in [-0.4, -0.2) is 27.5 Å². The Labute approximate surface area is 68.6 Å². The third-order valence-electron chi connectivity index (χ3n) is 0.891. The summed E-state index contributed by atoms with van der Waals surface area (Å²) in [6.45, 7) is 0. The minimum absolute atomic E-state index is 0.620. The molecule has 0 aromatic carbocycles. The van der Waals surface area contributed by atoms with Gasteiger partial charge in [0.1, 0.15) is 0 Å². The van der Waals surface area contributed by atoms with Crippen LogP contribution in [0.15, 0.2) is 0 Å². The molecule has 0 fully saturated rings. The van der Waals surface area contributed by atoms with Crippen molar-refractivity contribution in [1.82, 2.24) is 0 Å². The van der Waals surface area contributed by atoms with Gasteiger partial charge < -0.3 is 0 Å². The van der Waals surface area contributed by atoms with E-state index in [1.54, 1.807) is 0 Å². The van der Waals surface area contributed by atoms with Crippen molar-refractivity contribution >= 4 is 10.1 Å². The molecule has 0 rings (SSSR count). The van der Waals surface area contributed by atoms with Crippen LogP contribution < -0.4 is 0 Å². The molecule has 0 spiro atoms. The van der Waals surface area contributed by atoms with Crippen LogP contribution in [0.4, 0.5) is 13.2 Å². The fourth-order valence-corrected chi connectivity index (χ4v) is 0.970. The summed E-state index contributed by atoms with van der Waals surface area (Å²) in [5.74, 6) is 0. The average Bonchev–Trinajstić information content (AvgIpc) is 1.79. The van der Waals surface area contributed by atoms with Gasteiger partial charge in [-0.3, -0.25) is 0 Å². The standard InChI is InChI=1S/C5H9F3O3S/c1-12(9,10)11-5(8)3-2-4(6)7/h4-5H,2-3H2,1H3. The molecule has 3 nitrogen and oxygen atoms in total. The maximum absolute atomic E-state index is 12.3. The van der Waals surface area contributed by atoms with Crippen LogP contribution >= 0.6 is 0 Å². The maximum atomic E-state index is 12.3. The first-order valence-corrected chi connectivity index (χ1v) is 4.93. The van der Waals surface area contributed by atoms with Crippen LogP contribution in [0.25, 0.3) is 0 Å². The molecule has 74 valence electrons. The molecule has 0 saturated carbocycles. The van der Waals surface area contributed by atoms with Gasteiger partial charge in [0.25, 0.3) is 10.1 Å². The lowest BCUT2D eigenvalue weighted by Crippen LogP contribution is -2.13. The maximum Gasteiger partial charge on any atom is 0.267 e.